The summed E-state index contributed by atoms with van der Waals surface area (Å²) >= 11 is 0. The van der Waals surface area contributed by atoms with Crippen LogP contribution in [-0.2, 0) is 0 Å². The van der Waals surface area contributed by atoms with E-state index in [9.17, 15) is 0 Å². The van der Waals surface area contributed by atoms with E-state index in [0.29, 0.717) is 12.0 Å². The summed E-state index contributed by atoms with van der Waals surface area (Å²) in [6.07, 6.45) is 7.81. The molecule has 1 aromatic heterocycles. The van der Waals surface area contributed by atoms with Gasteiger partial charge in [-0.25, -0.2) is 9.97 Å². The molecule has 0 bridgehead atoms. The number of hydrogen-bond donors (Lipinski definition) is 1. The third kappa shape index (κ3) is 3.75. The lowest BCUT2D eigenvalue weighted by molar-refractivity contribution is 0.173. The minimum atomic E-state index is 0.316. The van der Waals surface area contributed by atoms with Crippen LogP contribution in [0.25, 0.3) is 0 Å². The van der Waals surface area contributed by atoms with Gasteiger partial charge < -0.3 is 5.32 Å². The Morgan fingerprint density at radius 1 is 1.16 bits per heavy atom. The molecule has 0 aliphatic heterocycles. The third-order valence-corrected chi connectivity index (χ3v) is 4.19. The van der Waals surface area contributed by atoms with Gasteiger partial charge in [-0.05, 0) is 56.0 Å². The normalized spacial score (nSPS) is 29.2. The fourth-order valence-electron chi connectivity index (χ4n) is 3.53. The fraction of sp³-hybridized carbons (Fsp3) is 0.750. The van der Waals surface area contributed by atoms with E-state index < -0.39 is 0 Å². The van der Waals surface area contributed by atoms with Crippen molar-refractivity contribution in [3.63, 3.8) is 0 Å². The summed E-state index contributed by atoms with van der Waals surface area (Å²) in [6.45, 7) is 9.93. The standard InChI is InChI=1S/C16H27N3/c1-5-17-15(16-18-9-13(4)10-19-16)14-7-11(2)6-12(3)8-14/h9-12,14-15,17H,5-8H2,1-4H3. The van der Waals surface area contributed by atoms with Gasteiger partial charge in [0.1, 0.15) is 5.82 Å². The molecular weight excluding hydrogens is 234 g/mol. The number of hydrogen-bond acceptors (Lipinski definition) is 3. The smallest absolute Gasteiger partial charge is 0.145 e. The van der Waals surface area contributed by atoms with Gasteiger partial charge in [0.2, 0.25) is 0 Å². The van der Waals surface area contributed by atoms with Crippen molar-refractivity contribution < 1.29 is 0 Å². The molecule has 2 rings (SSSR count). The topological polar surface area (TPSA) is 37.8 Å². The molecule has 3 heteroatoms. The number of nitrogens with one attached hydrogen (secondary N) is 1. The first kappa shape index (κ1) is 14.4. The summed E-state index contributed by atoms with van der Waals surface area (Å²) in [5.74, 6) is 3.28. The van der Waals surface area contributed by atoms with Gasteiger partial charge in [0.25, 0.3) is 0 Å². The van der Waals surface area contributed by atoms with Crippen LogP contribution in [0, 0.1) is 24.7 Å². The molecule has 1 aromatic rings. The summed E-state index contributed by atoms with van der Waals surface area (Å²) in [5, 5.41) is 3.60. The number of rotatable bonds is 4. The van der Waals surface area contributed by atoms with Crippen molar-refractivity contribution in [2.24, 2.45) is 17.8 Å². The van der Waals surface area contributed by atoms with Crippen molar-refractivity contribution in [1.82, 2.24) is 15.3 Å². The third-order valence-electron chi connectivity index (χ3n) is 4.19. The van der Waals surface area contributed by atoms with E-state index in [2.05, 4.69) is 36.1 Å². The molecular formula is C16H27N3. The highest BCUT2D eigenvalue weighted by Gasteiger charge is 2.31. The lowest BCUT2D eigenvalue weighted by Crippen LogP contribution is -2.34. The molecule has 3 unspecified atom stereocenters. The van der Waals surface area contributed by atoms with Crippen molar-refractivity contribution in [3.8, 4) is 0 Å². The maximum Gasteiger partial charge on any atom is 0.145 e. The van der Waals surface area contributed by atoms with Crippen LogP contribution >= 0.6 is 0 Å². The molecule has 1 saturated carbocycles. The monoisotopic (exact) mass is 261 g/mol. The van der Waals surface area contributed by atoms with Gasteiger partial charge in [-0.2, -0.15) is 0 Å². The summed E-state index contributed by atoms with van der Waals surface area (Å²) in [6, 6.07) is 0.316. The Labute approximate surface area is 117 Å². The molecule has 1 N–H and O–H groups in total. The first-order valence-corrected chi connectivity index (χ1v) is 7.62. The summed E-state index contributed by atoms with van der Waals surface area (Å²) in [5.41, 5.74) is 1.13. The van der Waals surface area contributed by atoms with Crippen molar-refractivity contribution >= 4 is 0 Å². The van der Waals surface area contributed by atoms with Crippen LogP contribution in [0.3, 0.4) is 0 Å². The van der Waals surface area contributed by atoms with Gasteiger partial charge >= 0.3 is 0 Å². The van der Waals surface area contributed by atoms with Crippen molar-refractivity contribution in [3.05, 3.63) is 23.8 Å². The Morgan fingerprint density at radius 2 is 1.74 bits per heavy atom. The summed E-state index contributed by atoms with van der Waals surface area (Å²) in [7, 11) is 0. The van der Waals surface area contributed by atoms with Crippen LogP contribution in [0.5, 0.6) is 0 Å². The van der Waals surface area contributed by atoms with E-state index in [-0.39, 0.29) is 0 Å². The average Bonchev–Trinajstić information content (AvgIpc) is 2.36. The highest BCUT2D eigenvalue weighted by Crippen LogP contribution is 2.38. The minimum Gasteiger partial charge on any atom is -0.307 e. The molecule has 19 heavy (non-hydrogen) atoms. The lowest BCUT2D eigenvalue weighted by atomic mass is 9.73. The van der Waals surface area contributed by atoms with Gasteiger partial charge in [-0.15, -0.1) is 0 Å². The predicted molar refractivity (Wildman–Crippen MR) is 78.9 cm³/mol. The molecule has 3 nitrogen and oxygen atoms in total. The molecule has 1 fully saturated rings. The second kappa shape index (κ2) is 6.47. The largest absolute Gasteiger partial charge is 0.307 e. The maximum absolute atomic E-state index is 4.55. The Morgan fingerprint density at radius 3 is 2.26 bits per heavy atom. The van der Waals surface area contributed by atoms with Crippen LogP contribution in [0.4, 0.5) is 0 Å². The van der Waals surface area contributed by atoms with Crippen LogP contribution in [0.2, 0.25) is 0 Å². The van der Waals surface area contributed by atoms with Crippen LogP contribution < -0.4 is 5.32 Å². The SMILES string of the molecule is CCNC(c1ncc(C)cn1)C1CC(C)CC(C)C1. The quantitative estimate of drug-likeness (QED) is 0.901. The zero-order valence-electron chi connectivity index (χ0n) is 12.7. The second-order valence-electron chi connectivity index (χ2n) is 6.33. The van der Waals surface area contributed by atoms with Gasteiger partial charge in [-0.3, -0.25) is 0 Å². The summed E-state index contributed by atoms with van der Waals surface area (Å²) < 4.78 is 0. The van der Waals surface area contributed by atoms with Gasteiger partial charge in [0.05, 0.1) is 6.04 Å². The zero-order valence-corrected chi connectivity index (χ0v) is 12.7. The molecule has 0 spiro atoms. The first-order chi connectivity index (χ1) is 9.10. The molecule has 0 aromatic carbocycles. The highest BCUT2D eigenvalue weighted by atomic mass is 15.0. The van der Waals surface area contributed by atoms with E-state index >= 15 is 0 Å². The Bertz CT molecular complexity index is 377. The van der Waals surface area contributed by atoms with Crippen molar-refractivity contribution in [2.45, 2.75) is 53.0 Å². The van der Waals surface area contributed by atoms with Gasteiger partial charge in [-0.1, -0.05) is 20.8 Å². The van der Waals surface area contributed by atoms with Crippen molar-refractivity contribution in [1.29, 1.82) is 0 Å². The Hall–Kier alpha value is -0.960. The second-order valence-corrected chi connectivity index (χ2v) is 6.33. The van der Waals surface area contributed by atoms with Gasteiger partial charge in [0.15, 0.2) is 0 Å². The van der Waals surface area contributed by atoms with E-state index in [4.69, 9.17) is 0 Å². The van der Waals surface area contributed by atoms with Crippen LogP contribution in [0.15, 0.2) is 12.4 Å². The minimum absolute atomic E-state index is 0.316. The number of aromatic nitrogens is 2. The molecule has 0 saturated heterocycles. The summed E-state index contributed by atoms with van der Waals surface area (Å²) in [4.78, 5) is 9.10. The van der Waals surface area contributed by atoms with Crippen molar-refractivity contribution in [2.75, 3.05) is 6.54 Å². The lowest BCUT2D eigenvalue weighted by Gasteiger charge is -2.36. The molecule has 1 aliphatic rings. The number of nitrogens with zero attached hydrogens (tertiary/aromatic N) is 2. The highest BCUT2D eigenvalue weighted by molar-refractivity contribution is 5.06. The Kier molecular flexibility index (Phi) is 4.92. The Balaban J connectivity index is 2.16. The van der Waals surface area contributed by atoms with E-state index in [1.54, 1.807) is 0 Å². The fourth-order valence-corrected chi connectivity index (χ4v) is 3.53. The molecule has 106 valence electrons. The van der Waals surface area contributed by atoms with E-state index in [0.717, 1.165) is 29.8 Å². The average molecular weight is 261 g/mol. The van der Waals surface area contributed by atoms with E-state index in [1.807, 2.05) is 19.3 Å². The van der Waals surface area contributed by atoms with Crippen LogP contribution in [0.1, 0.15) is 57.5 Å². The molecule has 0 amide bonds. The first-order valence-electron chi connectivity index (χ1n) is 7.62. The maximum atomic E-state index is 4.55. The number of aryl methyl sites for hydroxylation is 1. The van der Waals surface area contributed by atoms with E-state index in [1.165, 1.54) is 19.3 Å². The zero-order chi connectivity index (χ0) is 13.8. The molecule has 1 aliphatic carbocycles. The molecule has 0 radical (unpaired) electrons. The van der Waals surface area contributed by atoms with Gasteiger partial charge in [0, 0.05) is 12.4 Å². The van der Waals surface area contributed by atoms with Crippen LogP contribution in [-0.4, -0.2) is 16.5 Å². The molecule has 1 heterocycles. The molecule has 3 atom stereocenters. The predicted octanol–water partition coefficient (Wildman–Crippen LogP) is 3.51.